The van der Waals surface area contributed by atoms with Gasteiger partial charge in [-0.3, -0.25) is 0 Å². The van der Waals surface area contributed by atoms with E-state index in [1.54, 1.807) is 30.3 Å². The Morgan fingerprint density at radius 3 is 2.17 bits per heavy atom. The molecule has 1 aromatic rings. The third-order valence-electron chi connectivity index (χ3n) is 1.39. The van der Waals surface area contributed by atoms with Gasteiger partial charge in [0.05, 0.1) is 5.56 Å². The van der Waals surface area contributed by atoms with Gasteiger partial charge in [0.2, 0.25) is 0 Å². The summed E-state index contributed by atoms with van der Waals surface area (Å²) in [6.07, 6.45) is 1.67. The molecule has 3 heteroatoms. The average molecular weight is 172 g/mol. The van der Waals surface area contributed by atoms with E-state index >= 15 is 0 Å². The van der Waals surface area contributed by atoms with Gasteiger partial charge >= 0.3 is 35.5 Å². The van der Waals surface area contributed by atoms with Crippen molar-refractivity contribution in [2.75, 3.05) is 0 Å². The van der Waals surface area contributed by atoms with E-state index in [4.69, 9.17) is 5.11 Å². The molecular weight excluding hydrogens is 163 g/mol. The molecule has 0 atom stereocenters. The summed E-state index contributed by atoms with van der Waals surface area (Å²) in [5.41, 5.74) is 1.23. The summed E-state index contributed by atoms with van der Waals surface area (Å²) in [7, 11) is 0. The van der Waals surface area contributed by atoms with Crippen molar-refractivity contribution < 1.29 is 9.90 Å². The monoisotopic (exact) mass is 172 g/mol. The molecule has 0 aliphatic carbocycles. The molecule has 0 unspecified atom stereocenters. The number of aromatic carboxylic acids is 1. The second-order valence-electron chi connectivity index (χ2n) is 2.13. The van der Waals surface area contributed by atoms with Crippen molar-refractivity contribution in [2.24, 2.45) is 0 Å². The fourth-order valence-corrected chi connectivity index (χ4v) is 0.762. The summed E-state index contributed by atoms with van der Waals surface area (Å²) < 4.78 is 0. The molecule has 0 heterocycles. The molecule has 0 aliphatic heterocycles. The number of hydrogen-bond donors (Lipinski definition) is 1. The summed E-state index contributed by atoms with van der Waals surface area (Å²) in [5, 5.41) is 8.52. The molecule has 0 saturated carbocycles. The number of carboxylic acids is 1. The van der Waals surface area contributed by atoms with Crippen LogP contribution >= 0.6 is 0 Å². The van der Waals surface area contributed by atoms with Crippen LogP contribution in [0.4, 0.5) is 0 Å². The molecule has 1 N–H and O–H groups in total. The van der Waals surface area contributed by atoms with Crippen LogP contribution in [-0.2, 0) is 0 Å². The SMILES string of the molecule is C=Cc1ccc(C(=O)O)cc1.[NaH]. The normalized spacial score (nSPS) is 8.33. The van der Waals surface area contributed by atoms with Crippen molar-refractivity contribution in [2.45, 2.75) is 0 Å². The van der Waals surface area contributed by atoms with Crippen LogP contribution in [0.5, 0.6) is 0 Å². The van der Waals surface area contributed by atoms with Gasteiger partial charge in [-0.05, 0) is 17.7 Å². The van der Waals surface area contributed by atoms with E-state index in [-0.39, 0.29) is 29.6 Å². The van der Waals surface area contributed by atoms with Crippen LogP contribution in [-0.4, -0.2) is 40.6 Å². The fourth-order valence-electron chi connectivity index (χ4n) is 0.762. The molecule has 12 heavy (non-hydrogen) atoms. The Hall–Kier alpha value is -0.570. The first-order valence-corrected chi connectivity index (χ1v) is 3.20. The van der Waals surface area contributed by atoms with Crippen LogP contribution < -0.4 is 0 Å². The minimum absolute atomic E-state index is 0. The van der Waals surface area contributed by atoms with Gasteiger partial charge in [-0.25, -0.2) is 4.79 Å². The third-order valence-corrected chi connectivity index (χ3v) is 1.39. The van der Waals surface area contributed by atoms with E-state index in [0.29, 0.717) is 5.56 Å². The second-order valence-corrected chi connectivity index (χ2v) is 2.13. The molecule has 0 fully saturated rings. The number of carboxylic acid groups (broad SMARTS) is 1. The van der Waals surface area contributed by atoms with E-state index < -0.39 is 5.97 Å². The average Bonchev–Trinajstić information content (AvgIpc) is 2.05. The van der Waals surface area contributed by atoms with Gasteiger partial charge in [0.15, 0.2) is 0 Å². The van der Waals surface area contributed by atoms with Crippen molar-refractivity contribution in [1.82, 2.24) is 0 Å². The summed E-state index contributed by atoms with van der Waals surface area (Å²) >= 11 is 0. The number of hydrogen-bond acceptors (Lipinski definition) is 1. The van der Waals surface area contributed by atoms with E-state index in [0.717, 1.165) is 5.56 Å². The molecule has 0 amide bonds. The molecule has 1 rings (SSSR count). The van der Waals surface area contributed by atoms with Gasteiger partial charge in [-0.15, -0.1) is 0 Å². The van der Waals surface area contributed by atoms with Crippen LogP contribution in [0.1, 0.15) is 15.9 Å². The molecule has 0 spiro atoms. The van der Waals surface area contributed by atoms with Gasteiger partial charge in [-0.2, -0.15) is 0 Å². The first-order valence-electron chi connectivity index (χ1n) is 3.20. The first kappa shape index (κ1) is 11.4. The molecule has 0 aliphatic rings. The van der Waals surface area contributed by atoms with Crippen molar-refractivity contribution in [3.63, 3.8) is 0 Å². The Morgan fingerprint density at radius 2 is 1.83 bits per heavy atom. The Balaban J connectivity index is 0.00000121. The maximum absolute atomic E-state index is 10.4. The van der Waals surface area contributed by atoms with Crippen molar-refractivity contribution in [3.05, 3.63) is 42.0 Å². The molecule has 0 bridgehead atoms. The Labute approximate surface area is 93.2 Å². The predicted octanol–water partition coefficient (Wildman–Crippen LogP) is 1.38. The summed E-state index contributed by atoms with van der Waals surface area (Å²) in [4.78, 5) is 10.4. The summed E-state index contributed by atoms with van der Waals surface area (Å²) in [5.74, 6) is -0.902. The number of benzene rings is 1. The quantitative estimate of drug-likeness (QED) is 0.684. The van der Waals surface area contributed by atoms with Crippen molar-refractivity contribution in [3.8, 4) is 0 Å². The summed E-state index contributed by atoms with van der Waals surface area (Å²) in [6, 6.07) is 6.55. The van der Waals surface area contributed by atoms with Crippen LogP contribution in [0.25, 0.3) is 6.08 Å². The van der Waals surface area contributed by atoms with Gasteiger partial charge in [-0.1, -0.05) is 24.8 Å². The molecule has 0 aromatic heterocycles. The summed E-state index contributed by atoms with van der Waals surface area (Å²) in [6.45, 7) is 3.56. The standard InChI is InChI=1S/C9H8O2.Na.H/c1-2-7-3-5-8(6-4-7)9(10)11;;/h2-6H,1H2,(H,10,11);;. The van der Waals surface area contributed by atoms with Gasteiger partial charge in [0, 0.05) is 0 Å². The Kier molecular flexibility index (Phi) is 4.90. The predicted molar refractivity (Wildman–Crippen MR) is 50.6 cm³/mol. The van der Waals surface area contributed by atoms with Crippen LogP contribution in [0, 0.1) is 0 Å². The van der Waals surface area contributed by atoms with Crippen molar-refractivity contribution >= 4 is 41.6 Å². The van der Waals surface area contributed by atoms with Crippen LogP contribution in [0.3, 0.4) is 0 Å². The zero-order valence-electron chi connectivity index (χ0n) is 5.95. The first-order chi connectivity index (χ1) is 5.24. The molecule has 0 radical (unpaired) electrons. The minimum atomic E-state index is -0.902. The van der Waals surface area contributed by atoms with E-state index in [9.17, 15) is 4.79 Å². The number of rotatable bonds is 2. The van der Waals surface area contributed by atoms with E-state index in [1.807, 2.05) is 0 Å². The van der Waals surface area contributed by atoms with Crippen molar-refractivity contribution in [1.29, 1.82) is 0 Å². The maximum atomic E-state index is 10.4. The third kappa shape index (κ3) is 2.81. The van der Waals surface area contributed by atoms with Crippen LogP contribution in [0.15, 0.2) is 30.8 Å². The van der Waals surface area contributed by atoms with Crippen LogP contribution in [0.2, 0.25) is 0 Å². The van der Waals surface area contributed by atoms with E-state index in [2.05, 4.69) is 6.58 Å². The van der Waals surface area contributed by atoms with Gasteiger partial charge in [0.25, 0.3) is 0 Å². The fraction of sp³-hybridized carbons (Fsp3) is 0. The van der Waals surface area contributed by atoms with Gasteiger partial charge in [0.1, 0.15) is 0 Å². The molecular formula is C9H9NaO2. The zero-order valence-corrected chi connectivity index (χ0v) is 5.95. The van der Waals surface area contributed by atoms with E-state index in [1.165, 1.54) is 0 Å². The molecule has 2 nitrogen and oxygen atoms in total. The second kappa shape index (κ2) is 5.14. The molecule has 58 valence electrons. The number of carbonyl (C=O) groups is 1. The zero-order chi connectivity index (χ0) is 8.27. The Morgan fingerprint density at radius 1 is 1.33 bits per heavy atom. The molecule has 1 aromatic carbocycles. The Bertz CT molecular complexity index is 277. The van der Waals surface area contributed by atoms with Gasteiger partial charge < -0.3 is 5.11 Å². The topological polar surface area (TPSA) is 37.3 Å². The molecule has 0 saturated heterocycles.